The number of rotatable bonds is 37. The summed E-state index contributed by atoms with van der Waals surface area (Å²) >= 11 is 0. The predicted octanol–water partition coefficient (Wildman–Crippen LogP) is 16.0. The van der Waals surface area contributed by atoms with Crippen LogP contribution in [0.3, 0.4) is 0 Å². The molecule has 0 fully saturated rings. The molecule has 0 radical (unpaired) electrons. The standard InChI is InChI=1S/C54H82O8/c1-6-11-16-23-30-57-48-36-42-43-37-49(58-31-24-17-12-7-2)51(60-33-26-19-14-9-4)39-45(43)47-41-53(62-35-28-21-22-29-54(55)56)52(61-34-27-20-15-10-5)40-46(47)44(42)38-50(48)59-32-25-18-13-8-3/h36-41H,6-35H2,1-5H3,(H,55,56). The second kappa shape index (κ2) is 30.1. The highest BCUT2D eigenvalue weighted by molar-refractivity contribution is 6.26. The van der Waals surface area contributed by atoms with Gasteiger partial charge in [0.25, 0.3) is 0 Å². The minimum absolute atomic E-state index is 0.171. The van der Waals surface area contributed by atoms with Crippen molar-refractivity contribution in [1.29, 1.82) is 0 Å². The van der Waals surface area contributed by atoms with E-state index in [9.17, 15) is 4.79 Å². The molecule has 0 aliphatic rings. The maximum absolute atomic E-state index is 11.2. The van der Waals surface area contributed by atoms with E-state index >= 15 is 0 Å². The van der Waals surface area contributed by atoms with Gasteiger partial charge in [-0.05, 0) is 120 Å². The first kappa shape index (κ1) is 50.6. The molecule has 0 saturated heterocycles. The second-order valence-corrected chi connectivity index (χ2v) is 17.1. The van der Waals surface area contributed by atoms with Crippen molar-refractivity contribution in [3.8, 4) is 34.5 Å². The van der Waals surface area contributed by atoms with Gasteiger partial charge in [-0.25, -0.2) is 0 Å². The Balaban J connectivity index is 1.94. The van der Waals surface area contributed by atoms with Gasteiger partial charge in [0.2, 0.25) is 0 Å². The third-order valence-corrected chi connectivity index (χ3v) is 11.7. The summed E-state index contributed by atoms with van der Waals surface area (Å²) in [5, 5.41) is 15.5. The van der Waals surface area contributed by atoms with Gasteiger partial charge in [0.15, 0.2) is 34.5 Å². The summed E-state index contributed by atoms with van der Waals surface area (Å²) in [7, 11) is 0. The summed E-state index contributed by atoms with van der Waals surface area (Å²) in [6.45, 7) is 14.8. The Morgan fingerprint density at radius 1 is 0.323 bits per heavy atom. The highest BCUT2D eigenvalue weighted by Crippen LogP contribution is 2.47. The van der Waals surface area contributed by atoms with Gasteiger partial charge in [-0.3, -0.25) is 4.79 Å². The number of fused-ring (bicyclic) bond motifs is 6. The molecular weight excluding hydrogens is 777 g/mol. The van der Waals surface area contributed by atoms with E-state index in [4.69, 9.17) is 33.5 Å². The van der Waals surface area contributed by atoms with Gasteiger partial charge >= 0.3 is 5.97 Å². The first-order valence-corrected chi connectivity index (χ1v) is 25.0. The molecule has 0 saturated carbocycles. The molecule has 0 unspecified atom stereocenters. The maximum Gasteiger partial charge on any atom is 0.303 e. The average Bonchev–Trinajstić information content (AvgIpc) is 3.27. The lowest BCUT2D eigenvalue weighted by atomic mass is 9.93. The number of carboxylic acid groups (broad SMARTS) is 1. The molecular formula is C54H82O8. The predicted molar refractivity (Wildman–Crippen MR) is 259 cm³/mol. The Bertz CT molecular complexity index is 1820. The second-order valence-electron chi connectivity index (χ2n) is 17.1. The molecule has 1 N–H and O–H groups in total. The molecule has 0 bridgehead atoms. The fraction of sp³-hybridized carbons (Fsp3) is 0.648. The lowest BCUT2D eigenvalue weighted by molar-refractivity contribution is -0.137. The van der Waals surface area contributed by atoms with Crippen LogP contribution < -0.4 is 28.4 Å². The van der Waals surface area contributed by atoms with Crippen molar-refractivity contribution in [2.75, 3.05) is 39.6 Å². The zero-order chi connectivity index (χ0) is 44.2. The lowest BCUT2D eigenvalue weighted by Gasteiger charge is -2.21. The Hall–Kier alpha value is -4.07. The van der Waals surface area contributed by atoms with E-state index in [-0.39, 0.29) is 6.42 Å². The number of benzene rings is 4. The molecule has 4 aromatic carbocycles. The topological polar surface area (TPSA) is 92.7 Å². The number of hydrogen-bond donors (Lipinski definition) is 1. The number of carbonyl (C=O) groups is 1. The molecule has 8 nitrogen and oxygen atoms in total. The quantitative estimate of drug-likeness (QED) is 0.0354. The third kappa shape index (κ3) is 16.9. The van der Waals surface area contributed by atoms with E-state index < -0.39 is 5.97 Å². The van der Waals surface area contributed by atoms with Crippen molar-refractivity contribution in [1.82, 2.24) is 0 Å². The largest absolute Gasteiger partial charge is 0.490 e. The van der Waals surface area contributed by atoms with Crippen LogP contribution in [-0.4, -0.2) is 50.7 Å². The number of aliphatic carboxylic acids is 1. The molecule has 4 rings (SSSR count). The van der Waals surface area contributed by atoms with E-state index in [2.05, 4.69) is 71.0 Å². The minimum atomic E-state index is -0.761. The van der Waals surface area contributed by atoms with Gasteiger partial charge in [0, 0.05) is 6.42 Å². The summed E-state index contributed by atoms with van der Waals surface area (Å²) in [5.74, 6) is 3.74. The molecule has 62 heavy (non-hydrogen) atoms. The molecule has 0 amide bonds. The monoisotopic (exact) mass is 859 g/mol. The Kier molecular flexibility index (Phi) is 24.5. The average molecular weight is 859 g/mol. The van der Waals surface area contributed by atoms with E-state index in [0.717, 1.165) is 145 Å². The minimum Gasteiger partial charge on any atom is -0.490 e. The van der Waals surface area contributed by atoms with E-state index in [1.165, 1.54) is 57.8 Å². The molecule has 4 aromatic rings. The van der Waals surface area contributed by atoms with E-state index in [1.807, 2.05) is 0 Å². The fourth-order valence-corrected chi connectivity index (χ4v) is 7.99. The number of carboxylic acids is 1. The summed E-state index contributed by atoms with van der Waals surface area (Å²) in [6, 6.07) is 13.1. The van der Waals surface area contributed by atoms with Crippen LogP contribution in [0.5, 0.6) is 34.5 Å². The van der Waals surface area contributed by atoms with Crippen molar-refractivity contribution in [2.24, 2.45) is 0 Å². The van der Waals surface area contributed by atoms with Crippen LogP contribution in [0.1, 0.15) is 189 Å². The SMILES string of the molecule is CCCCCCOc1cc2c3cc(OCCCCCC)c(OCCCCCC)cc3c3cc(OCCCCCC(=O)O)c(OCCCCCC)cc3c2cc1OCCCCCC. The molecule has 8 heteroatoms. The molecule has 0 aromatic heterocycles. The molecule has 0 aliphatic carbocycles. The van der Waals surface area contributed by atoms with Crippen LogP contribution in [0.2, 0.25) is 0 Å². The zero-order valence-electron chi connectivity index (χ0n) is 39.5. The summed E-state index contributed by atoms with van der Waals surface area (Å²) in [4.78, 5) is 11.2. The fourth-order valence-electron chi connectivity index (χ4n) is 7.99. The summed E-state index contributed by atoms with van der Waals surface area (Å²) in [6.07, 6.45) is 24.8. The molecule has 0 heterocycles. The van der Waals surface area contributed by atoms with Crippen LogP contribution in [0.25, 0.3) is 32.3 Å². The molecule has 0 aliphatic heterocycles. The Labute approximate surface area is 374 Å². The highest BCUT2D eigenvalue weighted by Gasteiger charge is 2.21. The summed E-state index contributed by atoms with van der Waals surface area (Å²) in [5.41, 5.74) is 0. The van der Waals surface area contributed by atoms with Crippen molar-refractivity contribution in [3.05, 3.63) is 36.4 Å². The highest BCUT2D eigenvalue weighted by atomic mass is 16.5. The number of ether oxygens (including phenoxy) is 6. The zero-order valence-corrected chi connectivity index (χ0v) is 39.5. The maximum atomic E-state index is 11.2. The van der Waals surface area contributed by atoms with Gasteiger partial charge in [-0.2, -0.15) is 0 Å². The first-order chi connectivity index (χ1) is 30.4. The van der Waals surface area contributed by atoms with E-state index in [0.29, 0.717) is 51.8 Å². The van der Waals surface area contributed by atoms with Gasteiger partial charge in [0.05, 0.1) is 39.6 Å². The first-order valence-electron chi connectivity index (χ1n) is 25.0. The number of hydrogen-bond acceptors (Lipinski definition) is 7. The van der Waals surface area contributed by atoms with E-state index in [1.54, 1.807) is 0 Å². The summed E-state index contributed by atoms with van der Waals surface area (Å²) < 4.78 is 39.7. The molecule has 346 valence electrons. The van der Waals surface area contributed by atoms with Gasteiger partial charge in [-0.1, -0.05) is 131 Å². The van der Waals surface area contributed by atoms with Crippen molar-refractivity contribution in [3.63, 3.8) is 0 Å². The third-order valence-electron chi connectivity index (χ3n) is 11.7. The van der Waals surface area contributed by atoms with Gasteiger partial charge < -0.3 is 33.5 Å². The van der Waals surface area contributed by atoms with Crippen molar-refractivity contribution >= 4 is 38.3 Å². The Morgan fingerprint density at radius 2 is 0.516 bits per heavy atom. The van der Waals surface area contributed by atoms with Crippen LogP contribution in [0, 0.1) is 0 Å². The Morgan fingerprint density at radius 3 is 0.694 bits per heavy atom. The van der Waals surface area contributed by atoms with Crippen LogP contribution in [-0.2, 0) is 4.79 Å². The normalized spacial score (nSPS) is 11.4. The molecule has 0 atom stereocenters. The van der Waals surface area contributed by atoms with Crippen molar-refractivity contribution < 1.29 is 38.3 Å². The number of unbranched alkanes of at least 4 members (excludes halogenated alkanes) is 17. The molecule has 0 spiro atoms. The van der Waals surface area contributed by atoms with Crippen molar-refractivity contribution in [2.45, 2.75) is 189 Å². The van der Waals surface area contributed by atoms with Crippen LogP contribution in [0.4, 0.5) is 0 Å². The smallest absolute Gasteiger partial charge is 0.303 e. The van der Waals surface area contributed by atoms with Gasteiger partial charge in [0.1, 0.15) is 0 Å². The van der Waals surface area contributed by atoms with Gasteiger partial charge in [-0.15, -0.1) is 0 Å². The van der Waals surface area contributed by atoms with Crippen LogP contribution in [0.15, 0.2) is 36.4 Å². The van der Waals surface area contributed by atoms with Crippen LogP contribution >= 0.6 is 0 Å². The lowest BCUT2D eigenvalue weighted by Crippen LogP contribution is -2.05.